The number of sulfone groups is 1. The van der Waals surface area contributed by atoms with Crippen molar-refractivity contribution in [2.24, 2.45) is 9.98 Å². The van der Waals surface area contributed by atoms with Crippen molar-refractivity contribution in [3.63, 3.8) is 0 Å². The maximum atomic E-state index is 13.3. The summed E-state index contributed by atoms with van der Waals surface area (Å²) in [5.74, 6) is 0.428. The number of H-pyrrole nitrogens is 1. The number of rotatable bonds is 6. The van der Waals surface area contributed by atoms with Crippen LogP contribution in [0.2, 0.25) is 0 Å². The highest BCUT2D eigenvalue weighted by atomic mass is 32.2. The molecule has 0 spiro atoms. The third-order valence-corrected chi connectivity index (χ3v) is 11.5. The Morgan fingerprint density at radius 2 is 1.74 bits per heavy atom. The predicted molar refractivity (Wildman–Crippen MR) is 176 cm³/mol. The smallest absolute Gasteiger partial charge is 0.216 e. The standard InChI is InChI=1S/C32H33N7O5S2/c1-3-46(42,43)39-14-11-26(12-15-39)44-30-18-29(33-20-34-30)32-13-10-28(38-32)31(45(2,40)41)27-9-8-24(37-27)17-22-5-4-21(35-22)16-23-6-7-25(19-32)36-23/h4-10,16-20,26,36,38H,3,11-15H2,1-2H3. The summed E-state index contributed by atoms with van der Waals surface area (Å²) in [4.78, 5) is 21.8. The number of aromatic nitrogens is 3. The normalized spacial score (nSPS) is 23.3. The summed E-state index contributed by atoms with van der Waals surface area (Å²) in [5.41, 5.74) is 2.47. The maximum absolute atomic E-state index is 13.3. The Morgan fingerprint density at radius 3 is 2.52 bits per heavy atom. The average Bonchev–Trinajstić information content (AvgIpc) is 3.83. The molecule has 5 aliphatic rings. The number of nitrogens with zero attached hydrogens (tertiary/aromatic N) is 5. The zero-order chi connectivity index (χ0) is 32.1. The number of ether oxygens (including phenoxy) is 1. The Morgan fingerprint density at radius 1 is 0.978 bits per heavy atom. The zero-order valence-electron chi connectivity index (χ0n) is 25.3. The van der Waals surface area contributed by atoms with Crippen LogP contribution in [0.15, 0.2) is 93.0 Å². The number of hydrogen-bond acceptors (Lipinski definition) is 10. The second-order valence-electron chi connectivity index (χ2n) is 11.7. The van der Waals surface area contributed by atoms with E-state index in [-0.39, 0.29) is 16.8 Å². The van der Waals surface area contributed by atoms with Crippen LogP contribution in [0, 0.1) is 0 Å². The van der Waals surface area contributed by atoms with Crippen molar-refractivity contribution in [3.8, 4) is 5.88 Å². The first-order valence-electron chi connectivity index (χ1n) is 15.0. The minimum Gasteiger partial charge on any atom is -0.474 e. The number of nitrogens with one attached hydrogen (secondary N) is 2. The second-order valence-corrected chi connectivity index (χ2v) is 15.9. The van der Waals surface area contributed by atoms with Gasteiger partial charge in [0.05, 0.1) is 40.0 Å². The first-order chi connectivity index (χ1) is 22.0. The number of aliphatic imine (C=N–C) groups is 2. The molecule has 5 aliphatic heterocycles. The molecule has 1 fully saturated rings. The van der Waals surface area contributed by atoms with E-state index in [1.54, 1.807) is 25.1 Å². The zero-order valence-corrected chi connectivity index (χ0v) is 27.0. The maximum Gasteiger partial charge on any atom is 0.216 e. The highest BCUT2D eigenvalue weighted by Gasteiger charge is 2.39. The second kappa shape index (κ2) is 11.4. The summed E-state index contributed by atoms with van der Waals surface area (Å²) in [6.07, 6.45) is 18.8. The van der Waals surface area contributed by atoms with Crippen LogP contribution in [0.4, 0.5) is 0 Å². The molecule has 2 aromatic rings. The highest BCUT2D eigenvalue weighted by molar-refractivity contribution is 7.94. The minimum absolute atomic E-state index is 0.0705. The summed E-state index contributed by atoms with van der Waals surface area (Å²) in [6, 6.07) is 5.66. The Hall–Kier alpha value is -4.40. The summed E-state index contributed by atoms with van der Waals surface area (Å²) in [7, 11) is -6.97. The molecular formula is C32H33N7O5S2. The lowest BCUT2D eigenvalue weighted by Crippen LogP contribution is -2.42. The summed E-state index contributed by atoms with van der Waals surface area (Å²) in [6.45, 7) is 2.42. The molecule has 12 nitrogen and oxygen atoms in total. The SMILES string of the molecule is CCS(=O)(=O)N1CCC(Oc2cc(C34C=c5ccc([nH]5)=CC5=NC(=CC6=NC(=C(S(C)(=O)=O)C(=CC3)N4)C=C6)C=C5)ncn2)CC1. The molecule has 1 saturated heterocycles. The Kier molecular flexibility index (Phi) is 7.53. The molecule has 0 radical (unpaired) electrons. The van der Waals surface area contributed by atoms with Crippen LogP contribution >= 0.6 is 0 Å². The van der Waals surface area contributed by atoms with Crippen molar-refractivity contribution in [2.45, 2.75) is 37.8 Å². The fourth-order valence-electron chi connectivity index (χ4n) is 6.16. The van der Waals surface area contributed by atoms with E-state index in [0.717, 1.165) is 22.1 Å². The van der Waals surface area contributed by atoms with Crippen molar-refractivity contribution in [1.82, 2.24) is 24.6 Å². The van der Waals surface area contributed by atoms with Crippen molar-refractivity contribution >= 4 is 43.4 Å². The van der Waals surface area contributed by atoms with Crippen molar-refractivity contribution < 1.29 is 21.6 Å². The van der Waals surface area contributed by atoms with Gasteiger partial charge < -0.3 is 15.0 Å². The lowest BCUT2D eigenvalue weighted by atomic mass is 9.92. The van der Waals surface area contributed by atoms with Crippen LogP contribution in [0.5, 0.6) is 5.88 Å². The van der Waals surface area contributed by atoms with Crippen LogP contribution in [0.1, 0.15) is 31.9 Å². The lowest BCUT2D eigenvalue weighted by molar-refractivity contribution is 0.129. The minimum atomic E-state index is -3.72. The summed E-state index contributed by atoms with van der Waals surface area (Å²) in [5, 5.41) is 5.14. The monoisotopic (exact) mass is 659 g/mol. The number of sulfonamides is 1. The molecular weight excluding hydrogens is 627 g/mol. The molecule has 0 aromatic carbocycles. The van der Waals surface area contributed by atoms with Gasteiger partial charge in [0, 0.05) is 42.5 Å². The van der Waals surface area contributed by atoms with Crippen molar-refractivity contribution in [3.05, 3.63) is 99.4 Å². The van der Waals surface area contributed by atoms with Crippen LogP contribution in [-0.4, -0.2) is 78.7 Å². The molecule has 1 atom stereocenters. The van der Waals surface area contributed by atoms with E-state index in [1.165, 1.54) is 16.9 Å². The third kappa shape index (κ3) is 5.95. The molecule has 46 heavy (non-hydrogen) atoms. The quantitative estimate of drug-likeness (QED) is 0.472. The molecule has 1 unspecified atom stereocenters. The van der Waals surface area contributed by atoms with Gasteiger partial charge in [-0.15, -0.1) is 0 Å². The predicted octanol–water partition coefficient (Wildman–Crippen LogP) is 1.51. The fourth-order valence-corrected chi connectivity index (χ4v) is 8.32. The molecule has 0 aliphatic carbocycles. The van der Waals surface area contributed by atoms with Gasteiger partial charge in [-0.1, -0.05) is 6.08 Å². The molecule has 2 N–H and O–H groups in total. The van der Waals surface area contributed by atoms with Crippen LogP contribution in [0.3, 0.4) is 0 Å². The fraction of sp³-hybridized carbons (Fsp3) is 0.312. The van der Waals surface area contributed by atoms with Crippen molar-refractivity contribution in [1.29, 1.82) is 0 Å². The van der Waals surface area contributed by atoms with Gasteiger partial charge >= 0.3 is 0 Å². The summed E-state index contributed by atoms with van der Waals surface area (Å²) >= 11 is 0. The highest BCUT2D eigenvalue weighted by Crippen LogP contribution is 2.38. The molecule has 7 rings (SSSR count). The van der Waals surface area contributed by atoms with E-state index < -0.39 is 25.4 Å². The third-order valence-electron chi connectivity index (χ3n) is 8.46. The number of aromatic amines is 1. The van der Waals surface area contributed by atoms with Gasteiger partial charge in [0.1, 0.15) is 22.9 Å². The molecule has 7 heterocycles. The van der Waals surface area contributed by atoms with Gasteiger partial charge in [0.15, 0.2) is 9.84 Å². The van der Waals surface area contributed by atoms with E-state index in [4.69, 9.17) is 4.74 Å². The van der Waals surface area contributed by atoms with Gasteiger partial charge in [0.25, 0.3) is 0 Å². The average molecular weight is 660 g/mol. The Bertz CT molecular complexity index is 2180. The molecule has 14 heteroatoms. The topological polar surface area (TPSA) is 159 Å². The van der Waals surface area contributed by atoms with Gasteiger partial charge in [-0.3, -0.25) is 0 Å². The molecule has 0 saturated carbocycles. The van der Waals surface area contributed by atoms with Crippen LogP contribution in [0.25, 0.3) is 12.2 Å². The first-order valence-corrected chi connectivity index (χ1v) is 18.5. The number of allylic oxidation sites excluding steroid dienone is 5. The summed E-state index contributed by atoms with van der Waals surface area (Å²) < 4.78 is 58.9. The Labute approximate surface area is 267 Å². The molecule has 2 aromatic heterocycles. The molecule has 0 amide bonds. The number of hydrogen-bond donors (Lipinski definition) is 2. The van der Waals surface area contributed by atoms with Gasteiger partial charge in [0.2, 0.25) is 15.9 Å². The van der Waals surface area contributed by atoms with Gasteiger partial charge in [-0.05, 0) is 74.4 Å². The molecule has 238 valence electrons. The van der Waals surface area contributed by atoms with Crippen LogP contribution in [-0.2, 0) is 25.4 Å². The largest absolute Gasteiger partial charge is 0.474 e. The van der Waals surface area contributed by atoms with E-state index in [1.807, 2.05) is 48.6 Å². The number of fused-ring (bicyclic) bond motifs is 6. The van der Waals surface area contributed by atoms with E-state index >= 15 is 0 Å². The van der Waals surface area contributed by atoms with Gasteiger partial charge in [-0.2, -0.15) is 0 Å². The van der Waals surface area contributed by atoms with E-state index in [9.17, 15) is 16.8 Å². The Balaban J connectivity index is 1.28. The van der Waals surface area contributed by atoms with Crippen LogP contribution < -0.4 is 20.8 Å². The van der Waals surface area contributed by atoms with E-state index in [0.29, 0.717) is 61.0 Å². The van der Waals surface area contributed by atoms with Crippen molar-refractivity contribution in [2.75, 3.05) is 25.1 Å². The van der Waals surface area contributed by atoms with E-state index in [2.05, 4.69) is 30.3 Å². The lowest BCUT2D eigenvalue weighted by Gasteiger charge is -2.31. The number of piperidine rings is 1. The van der Waals surface area contributed by atoms with Gasteiger partial charge in [-0.25, -0.2) is 41.1 Å². The first kappa shape index (κ1) is 30.3. The molecule has 8 bridgehead atoms.